The third-order valence-corrected chi connectivity index (χ3v) is 3.19. The van der Waals surface area contributed by atoms with E-state index in [9.17, 15) is 9.18 Å². The SMILES string of the molecule is CCc1ccc(NC(=O)COc2ccc(F)cc2Cl)cc1. The number of carbonyl (C=O) groups excluding carboxylic acids is 1. The number of anilines is 1. The highest BCUT2D eigenvalue weighted by atomic mass is 35.5. The lowest BCUT2D eigenvalue weighted by Gasteiger charge is -2.09. The predicted molar refractivity (Wildman–Crippen MR) is 81.4 cm³/mol. The van der Waals surface area contributed by atoms with Crippen molar-refractivity contribution in [3.05, 3.63) is 58.9 Å². The lowest BCUT2D eigenvalue weighted by molar-refractivity contribution is -0.118. The minimum absolute atomic E-state index is 0.134. The van der Waals surface area contributed by atoms with Crippen LogP contribution in [0.3, 0.4) is 0 Å². The first-order valence-corrected chi connectivity index (χ1v) is 6.93. The molecule has 5 heteroatoms. The Morgan fingerprint density at radius 1 is 1.24 bits per heavy atom. The summed E-state index contributed by atoms with van der Waals surface area (Å²) in [6, 6.07) is 11.3. The van der Waals surface area contributed by atoms with Gasteiger partial charge < -0.3 is 10.1 Å². The molecular formula is C16H15ClFNO2. The molecule has 0 fully saturated rings. The van der Waals surface area contributed by atoms with Gasteiger partial charge in [-0.25, -0.2) is 4.39 Å². The fourth-order valence-corrected chi connectivity index (χ4v) is 1.98. The van der Waals surface area contributed by atoms with Gasteiger partial charge in [0.05, 0.1) is 5.02 Å². The Morgan fingerprint density at radius 2 is 1.95 bits per heavy atom. The van der Waals surface area contributed by atoms with E-state index in [0.717, 1.165) is 12.5 Å². The van der Waals surface area contributed by atoms with Crippen LogP contribution in [0.5, 0.6) is 5.75 Å². The molecule has 2 aromatic carbocycles. The van der Waals surface area contributed by atoms with Gasteiger partial charge >= 0.3 is 0 Å². The van der Waals surface area contributed by atoms with Crippen LogP contribution in [-0.4, -0.2) is 12.5 Å². The number of amides is 1. The average molecular weight is 308 g/mol. The maximum atomic E-state index is 12.9. The van der Waals surface area contributed by atoms with E-state index in [-0.39, 0.29) is 23.3 Å². The van der Waals surface area contributed by atoms with Crippen molar-refractivity contribution >= 4 is 23.2 Å². The van der Waals surface area contributed by atoms with Gasteiger partial charge in [0.15, 0.2) is 6.61 Å². The second-order valence-corrected chi connectivity index (χ2v) is 4.87. The van der Waals surface area contributed by atoms with Gasteiger partial charge in [-0.3, -0.25) is 4.79 Å². The van der Waals surface area contributed by atoms with Gasteiger partial charge in [0, 0.05) is 5.69 Å². The van der Waals surface area contributed by atoms with E-state index in [1.807, 2.05) is 24.3 Å². The first kappa shape index (κ1) is 15.3. The molecule has 0 aliphatic rings. The van der Waals surface area contributed by atoms with Crippen molar-refractivity contribution in [2.75, 3.05) is 11.9 Å². The minimum atomic E-state index is -0.451. The van der Waals surface area contributed by atoms with Crippen LogP contribution in [0.15, 0.2) is 42.5 Å². The summed E-state index contributed by atoms with van der Waals surface area (Å²) in [6.45, 7) is 1.87. The molecule has 0 aliphatic heterocycles. The monoisotopic (exact) mass is 307 g/mol. The Labute approximate surface area is 127 Å². The molecular weight excluding hydrogens is 293 g/mol. The van der Waals surface area contributed by atoms with Gasteiger partial charge in [0.2, 0.25) is 0 Å². The minimum Gasteiger partial charge on any atom is -0.482 e. The molecule has 1 amide bonds. The van der Waals surface area contributed by atoms with Crippen LogP contribution in [-0.2, 0) is 11.2 Å². The number of hydrogen-bond donors (Lipinski definition) is 1. The van der Waals surface area contributed by atoms with Crippen molar-refractivity contribution in [3.8, 4) is 5.75 Å². The van der Waals surface area contributed by atoms with Gasteiger partial charge in [-0.05, 0) is 42.3 Å². The van der Waals surface area contributed by atoms with E-state index in [2.05, 4.69) is 12.2 Å². The highest BCUT2D eigenvalue weighted by molar-refractivity contribution is 6.32. The molecule has 3 nitrogen and oxygen atoms in total. The van der Waals surface area contributed by atoms with Gasteiger partial charge in [0.1, 0.15) is 11.6 Å². The molecule has 0 spiro atoms. The molecule has 110 valence electrons. The maximum absolute atomic E-state index is 12.9. The van der Waals surface area contributed by atoms with Crippen molar-refractivity contribution in [2.45, 2.75) is 13.3 Å². The smallest absolute Gasteiger partial charge is 0.262 e. The van der Waals surface area contributed by atoms with Crippen LogP contribution in [0.2, 0.25) is 5.02 Å². The van der Waals surface area contributed by atoms with Crippen molar-refractivity contribution in [2.24, 2.45) is 0 Å². The number of aryl methyl sites for hydroxylation is 1. The number of halogens is 2. The lowest BCUT2D eigenvalue weighted by atomic mass is 10.1. The van der Waals surface area contributed by atoms with Crippen molar-refractivity contribution in [1.82, 2.24) is 0 Å². The molecule has 2 aromatic rings. The molecule has 0 bridgehead atoms. The fourth-order valence-electron chi connectivity index (χ4n) is 1.76. The summed E-state index contributed by atoms with van der Waals surface area (Å²) >= 11 is 5.81. The fraction of sp³-hybridized carbons (Fsp3) is 0.188. The summed E-state index contributed by atoms with van der Waals surface area (Å²) in [5.41, 5.74) is 1.90. The summed E-state index contributed by atoms with van der Waals surface area (Å²) in [7, 11) is 0. The Kier molecular flexibility index (Phi) is 5.17. The van der Waals surface area contributed by atoms with Crippen LogP contribution in [0.4, 0.5) is 10.1 Å². The molecule has 0 aliphatic carbocycles. The van der Waals surface area contributed by atoms with Gasteiger partial charge in [0.25, 0.3) is 5.91 Å². The Morgan fingerprint density at radius 3 is 2.57 bits per heavy atom. The van der Waals surface area contributed by atoms with E-state index >= 15 is 0 Å². The summed E-state index contributed by atoms with van der Waals surface area (Å²) in [5.74, 6) is -0.484. The van der Waals surface area contributed by atoms with Crippen LogP contribution >= 0.6 is 11.6 Å². The van der Waals surface area contributed by atoms with Crippen LogP contribution in [0.25, 0.3) is 0 Å². The quantitative estimate of drug-likeness (QED) is 0.904. The van der Waals surface area contributed by atoms with E-state index < -0.39 is 5.82 Å². The Hall–Kier alpha value is -2.07. The van der Waals surface area contributed by atoms with Crippen molar-refractivity contribution in [1.29, 1.82) is 0 Å². The number of ether oxygens (including phenoxy) is 1. The number of nitrogens with one attached hydrogen (secondary N) is 1. The Bertz CT molecular complexity index is 629. The summed E-state index contributed by atoms with van der Waals surface area (Å²) < 4.78 is 18.1. The van der Waals surface area contributed by atoms with E-state index in [4.69, 9.17) is 16.3 Å². The molecule has 1 N–H and O–H groups in total. The van der Waals surface area contributed by atoms with Gasteiger partial charge in [-0.2, -0.15) is 0 Å². The standard InChI is InChI=1S/C16H15ClFNO2/c1-2-11-3-6-13(7-4-11)19-16(20)10-21-15-8-5-12(18)9-14(15)17/h3-9H,2,10H2,1H3,(H,19,20). The third-order valence-electron chi connectivity index (χ3n) is 2.90. The van der Waals surface area contributed by atoms with Crippen molar-refractivity contribution in [3.63, 3.8) is 0 Å². The van der Waals surface area contributed by atoms with E-state index in [1.165, 1.54) is 17.7 Å². The number of hydrogen-bond acceptors (Lipinski definition) is 2. The molecule has 0 radical (unpaired) electrons. The van der Waals surface area contributed by atoms with Gasteiger partial charge in [-0.1, -0.05) is 30.7 Å². The highest BCUT2D eigenvalue weighted by Gasteiger charge is 2.07. The number of rotatable bonds is 5. The molecule has 0 unspecified atom stereocenters. The highest BCUT2D eigenvalue weighted by Crippen LogP contribution is 2.24. The maximum Gasteiger partial charge on any atom is 0.262 e. The largest absolute Gasteiger partial charge is 0.482 e. The van der Waals surface area contributed by atoms with Crippen molar-refractivity contribution < 1.29 is 13.9 Å². The first-order chi connectivity index (χ1) is 10.1. The predicted octanol–water partition coefficient (Wildman–Crippen LogP) is 4.06. The van der Waals surface area contributed by atoms with Crippen LogP contribution in [0, 0.1) is 5.82 Å². The lowest BCUT2D eigenvalue weighted by Crippen LogP contribution is -2.20. The van der Waals surface area contributed by atoms with E-state index in [1.54, 1.807) is 0 Å². The zero-order chi connectivity index (χ0) is 15.2. The Balaban J connectivity index is 1.89. The zero-order valence-electron chi connectivity index (χ0n) is 11.5. The second-order valence-electron chi connectivity index (χ2n) is 4.46. The topological polar surface area (TPSA) is 38.3 Å². The van der Waals surface area contributed by atoms with Crippen LogP contribution in [0.1, 0.15) is 12.5 Å². The molecule has 0 saturated carbocycles. The second kappa shape index (κ2) is 7.09. The number of carbonyl (C=O) groups is 1. The average Bonchev–Trinajstić information content (AvgIpc) is 2.47. The molecule has 0 saturated heterocycles. The number of benzene rings is 2. The molecule has 2 rings (SSSR count). The van der Waals surface area contributed by atoms with E-state index in [0.29, 0.717) is 5.69 Å². The molecule has 0 aromatic heterocycles. The first-order valence-electron chi connectivity index (χ1n) is 6.55. The molecule has 0 atom stereocenters. The van der Waals surface area contributed by atoms with Crippen LogP contribution < -0.4 is 10.1 Å². The molecule has 0 heterocycles. The summed E-state index contributed by atoms with van der Waals surface area (Å²) in [6.07, 6.45) is 0.945. The third kappa shape index (κ3) is 4.46. The molecule has 21 heavy (non-hydrogen) atoms. The zero-order valence-corrected chi connectivity index (χ0v) is 12.3. The summed E-state index contributed by atoms with van der Waals surface area (Å²) in [5, 5.41) is 2.85. The van der Waals surface area contributed by atoms with Gasteiger partial charge in [-0.15, -0.1) is 0 Å². The summed E-state index contributed by atoms with van der Waals surface area (Å²) in [4.78, 5) is 11.8. The normalized spacial score (nSPS) is 10.2.